The fraction of sp³-hybridized carbons (Fsp3) is 0.600. The zero-order valence-corrected chi connectivity index (χ0v) is 12.3. The SMILES string of the molecule is O=S(=O)(NCC1CC(O)C1)c1ccc2c(c1)CCCC2. The van der Waals surface area contributed by atoms with Crippen molar-refractivity contribution in [2.24, 2.45) is 5.92 Å². The third-order valence-corrected chi connectivity index (χ3v) is 5.82. The van der Waals surface area contributed by atoms with Crippen LogP contribution in [-0.4, -0.2) is 26.2 Å². The van der Waals surface area contributed by atoms with Gasteiger partial charge >= 0.3 is 0 Å². The van der Waals surface area contributed by atoms with E-state index in [0.717, 1.165) is 19.3 Å². The summed E-state index contributed by atoms with van der Waals surface area (Å²) in [4.78, 5) is 0.373. The molecule has 20 heavy (non-hydrogen) atoms. The molecule has 5 heteroatoms. The summed E-state index contributed by atoms with van der Waals surface area (Å²) in [7, 11) is -3.41. The van der Waals surface area contributed by atoms with Gasteiger partial charge in [-0.15, -0.1) is 0 Å². The van der Waals surface area contributed by atoms with Crippen LogP contribution in [0.2, 0.25) is 0 Å². The largest absolute Gasteiger partial charge is 0.393 e. The molecule has 1 fully saturated rings. The zero-order chi connectivity index (χ0) is 14.2. The molecule has 0 unspecified atom stereocenters. The number of benzene rings is 1. The van der Waals surface area contributed by atoms with Crippen molar-refractivity contribution in [3.8, 4) is 0 Å². The van der Waals surface area contributed by atoms with Crippen molar-refractivity contribution in [1.29, 1.82) is 0 Å². The molecule has 0 saturated heterocycles. The minimum Gasteiger partial charge on any atom is -0.393 e. The molecule has 0 spiro atoms. The number of aliphatic hydroxyl groups is 1. The molecule has 3 rings (SSSR count). The van der Waals surface area contributed by atoms with Crippen molar-refractivity contribution in [3.63, 3.8) is 0 Å². The molecule has 2 aliphatic rings. The number of nitrogens with one attached hydrogen (secondary N) is 1. The number of sulfonamides is 1. The van der Waals surface area contributed by atoms with E-state index in [2.05, 4.69) is 4.72 Å². The molecule has 2 aliphatic carbocycles. The molecule has 0 aromatic heterocycles. The van der Waals surface area contributed by atoms with Crippen LogP contribution in [0.15, 0.2) is 23.1 Å². The second kappa shape index (κ2) is 5.47. The number of aryl methyl sites for hydroxylation is 2. The van der Waals surface area contributed by atoms with E-state index in [1.165, 1.54) is 17.5 Å². The number of aliphatic hydroxyl groups excluding tert-OH is 1. The first-order chi connectivity index (χ1) is 9.54. The Labute approximate surface area is 120 Å². The van der Waals surface area contributed by atoms with Crippen LogP contribution in [-0.2, 0) is 22.9 Å². The van der Waals surface area contributed by atoms with Gasteiger partial charge in [0, 0.05) is 6.54 Å². The van der Waals surface area contributed by atoms with Crippen molar-refractivity contribution in [3.05, 3.63) is 29.3 Å². The number of rotatable bonds is 4. The summed E-state index contributed by atoms with van der Waals surface area (Å²) in [5.74, 6) is 0.275. The second-order valence-corrected chi connectivity index (χ2v) is 7.75. The highest BCUT2D eigenvalue weighted by molar-refractivity contribution is 7.89. The zero-order valence-electron chi connectivity index (χ0n) is 11.5. The molecule has 110 valence electrons. The predicted octanol–water partition coefficient (Wildman–Crippen LogP) is 1.61. The topological polar surface area (TPSA) is 66.4 Å². The van der Waals surface area contributed by atoms with Crippen LogP contribution in [0.3, 0.4) is 0 Å². The third-order valence-electron chi connectivity index (χ3n) is 4.40. The molecule has 1 aromatic rings. The summed E-state index contributed by atoms with van der Waals surface area (Å²) in [6, 6.07) is 5.49. The van der Waals surface area contributed by atoms with Gasteiger partial charge in [0.2, 0.25) is 10.0 Å². The van der Waals surface area contributed by atoms with Crippen LogP contribution in [0.4, 0.5) is 0 Å². The van der Waals surface area contributed by atoms with Crippen molar-refractivity contribution in [2.45, 2.75) is 49.5 Å². The maximum atomic E-state index is 12.3. The lowest BCUT2D eigenvalue weighted by Gasteiger charge is -2.31. The summed E-state index contributed by atoms with van der Waals surface area (Å²) >= 11 is 0. The Morgan fingerprint density at radius 1 is 1.15 bits per heavy atom. The maximum Gasteiger partial charge on any atom is 0.240 e. The molecular weight excluding hydrogens is 274 g/mol. The lowest BCUT2D eigenvalue weighted by atomic mass is 9.83. The van der Waals surface area contributed by atoms with Gasteiger partial charge in [-0.05, 0) is 67.7 Å². The first-order valence-electron chi connectivity index (χ1n) is 7.34. The van der Waals surface area contributed by atoms with Crippen molar-refractivity contribution in [2.75, 3.05) is 6.54 Å². The number of hydrogen-bond acceptors (Lipinski definition) is 3. The highest BCUT2D eigenvalue weighted by Crippen LogP contribution is 2.27. The molecule has 1 saturated carbocycles. The normalized spacial score (nSPS) is 25.9. The quantitative estimate of drug-likeness (QED) is 0.887. The van der Waals surface area contributed by atoms with Gasteiger partial charge in [0.15, 0.2) is 0 Å². The van der Waals surface area contributed by atoms with Crippen LogP contribution < -0.4 is 4.72 Å². The van der Waals surface area contributed by atoms with Crippen LogP contribution in [0.25, 0.3) is 0 Å². The maximum absolute atomic E-state index is 12.3. The average Bonchev–Trinajstić information content (AvgIpc) is 2.42. The van der Waals surface area contributed by atoms with Gasteiger partial charge < -0.3 is 5.11 Å². The van der Waals surface area contributed by atoms with Crippen molar-refractivity contribution < 1.29 is 13.5 Å². The van der Waals surface area contributed by atoms with Crippen LogP contribution in [0.1, 0.15) is 36.8 Å². The summed E-state index contributed by atoms with van der Waals surface area (Å²) in [5, 5.41) is 9.22. The van der Waals surface area contributed by atoms with Crippen molar-refractivity contribution >= 4 is 10.0 Å². The lowest BCUT2D eigenvalue weighted by molar-refractivity contribution is 0.0453. The van der Waals surface area contributed by atoms with E-state index in [1.807, 2.05) is 12.1 Å². The Hall–Kier alpha value is -0.910. The summed E-state index contributed by atoms with van der Waals surface area (Å²) in [6.45, 7) is 0.427. The smallest absolute Gasteiger partial charge is 0.240 e. The predicted molar refractivity (Wildman–Crippen MR) is 77.0 cm³/mol. The van der Waals surface area contributed by atoms with Gasteiger partial charge in [-0.25, -0.2) is 13.1 Å². The molecule has 0 bridgehead atoms. The minimum absolute atomic E-state index is 0.242. The molecule has 0 amide bonds. The van der Waals surface area contributed by atoms with E-state index >= 15 is 0 Å². The molecule has 0 aliphatic heterocycles. The van der Waals surface area contributed by atoms with Gasteiger partial charge in [-0.1, -0.05) is 6.07 Å². The van der Waals surface area contributed by atoms with Gasteiger partial charge in [-0.3, -0.25) is 0 Å². The number of hydrogen-bond donors (Lipinski definition) is 2. The fourth-order valence-electron chi connectivity index (χ4n) is 3.06. The Morgan fingerprint density at radius 2 is 1.85 bits per heavy atom. The summed E-state index contributed by atoms with van der Waals surface area (Å²) < 4.78 is 27.2. The molecule has 0 heterocycles. The fourth-order valence-corrected chi connectivity index (χ4v) is 4.22. The second-order valence-electron chi connectivity index (χ2n) is 5.98. The first kappa shape index (κ1) is 14.0. The molecule has 2 N–H and O–H groups in total. The summed E-state index contributed by atoms with van der Waals surface area (Å²) in [6.07, 6.45) is 5.54. The van der Waals surface area contributed by atoms with Crippen LogP contribution >= 0.6 is 0 Å². The van der Waals surface area contributed by atoms with Gasteiger partial charge in [-0.2, -0.15) is 0 Å². The summed E-state index contributed by atoms with van der Waals surface area (Å²) in [5.41, 5.74) is 2.47. The van der Waals surface area contributed by atoms with Crippen LogP contribution in [0, 0.1) is 5.92 Å². The van der Waals surface area contributed by atoms with E-state index in [1.54, 1.807) is 6.07 Å². The molecule has 0 atom stereocenters. The first-order valence-corrected chi connectivity index (χ1v) is 8.82. The number of fused-ring (bicyclic) bond motifs is 1. The average molecular weight is 295 g/mol. The Morgan fingerprint density at radius 3 is 2.55 bits per heavy atom. The van der Waals surface area contributed by atoms with E-state index in [9.17, 15) is 13.5 Å². The highest BCUT2D eigenvalue weighted by Gasteiger charge is 2.28. The third kappa shape index (κ3) is 2.90. The molecule has 1 aromatic carbocycles. The minimum atomic E-state index is -3.41. The highest BCUT2D eigenvalue weighted by atomic mass is 32.2. The lowest BCUT2D eigenvalue weighted by Crippen LogP contribution is -2.38. The Bertz CT molecular complexity index is 591. The standard InChI is InChI=1S/C15H21NO3S/c17-14-7-11(8-14)10-16-20(18,19)15-6-5-12-3-1-2-4-13(12)9-15/h5-6,9,11,14,16-17H,1-4,7-8,10H2. The molecule has 0 radical (unpaired) electrons. The molecule has 4 nitrogen and oxygen atoms in total. The van der Waals surface area contributed by atoms with Crippen molar-refractivity contribution in [1.82, 2.24) is 4.72 Å². The molecular formula is C15H21NO3S. The van der Waals surface area contributed by atoms with E-state index in [-0.39, 0.29) is 12.0 Å². The Balaban J connectivity index is 1.70. The van der Waals surface area contributed by atoms with E-state index in [4.69, 9.17) is 0 Å². The van der Waals surface area contributed by atoms with E-state index in [0.29, 0.717) is 24.3 Å². The van der Waals surface area contributed by atoms with E-state index < -0.39 is 10.0 Å². The van der Waals surface area contributed by atoms with Crippen LogP contribution in [0.5, 0.6) is 0 Å². The van der Waals surface area contributed by atoms with Gasteiger partial charge in [0.1, 0.15) is 0 Å². The van der Waals surface area contributed by atoms with Gasteiger partial charge in [0.05, 0.1) is 11.0 Å². The Kier molecular flexibility index (Phi) is 3.84. The van der Waals surface area contributed by atoms with Gasteiger partial charge in [0.25, 0.3) is 0 Å². The monoisotopic (exact) mass is 295 g/mol.